The molecule has 0 unspecified atom stereocenters. The molecule has 0 aromatic heterocycles. The fraction of sp³-hybridized carbons (Fsp3) is 0.364. The molecule has 1 fully saturated rings. The average Bonchev–Trinajstić information content (AvgIpc) is 2.68. The number of benzene rings is 2. The van der Waals surface area contributed by atoms with Crippen LogP contribution in [0.4, 0.5) is 10.1 Å². The summed E-state index contributed by atoms with van der Waals surface area (Å²) >= 11 is 0. The highest BCUT2D eigenvalue weighted by molar-refractivity contribution is 5.93. The van der Waals surface area contributed by atoms with Crippen LogP contribution < -0.4 is 5.32 Å². The minimum Gasteiger partial charge on any atom is -0.340 e. The summed E-state index contributed by atoms with van der Waals surface area (Å²) in [6, 6.07) is 11.9. The van der Waals surface area contributed by atoms with Gasteiger partial charge in [-0.2, -0.15) is 0 Å². The van der Waals surface area contributed by atoms with E-state index in [0.29, 0.717) is 32.7 Å². The van der Waals surface area contributed by atoms with Gasteiger partial charge in [0.25, 0.3) is 0 Å². The molecule has 3 rings (SSSR count). The van der Waals surface area contributed by atoms with Crippen LogP contribution >= 0.6 is 0 Å². The first kappa shape index (κ1) is 20.0. The monoisotopic (exact) mass is 383 g/mol. The van der Waals surface area contributed by atoms with E-state index in [1.54, 1.807) is 12.1 Å². The summed E-state index contributed by atoms with van der Waals surface area (Å²) < 4.78 is 13.0. The van der Waals surface area contributed by atoms with Crippen molar-refractivity contribution in [3.8, 4) is 0 Å². The standard InChI is InChI=1S/C22H26FN3O2/c1-16-4-3-5-20(17(16)2)24-21(27)15-25-10-12-26(13-11-25)22(28)14-18-6-8-19(23)9-7-18/h3-9H,10-15H2,1-2H3,(H,24,27). The molecule has 0 radical (unpaired) electrons. The molecule has 1 heterocycles. The highest BCUT2D eigenvalue weighted by Gasteiger charge is 2.22. The molecule has 148 valence electrons. The smallest absolute Gasteiger partial charge is 0.238 e. The van der Waals surface area contributed by atoms with Gasteiger partial charge < -0.3 is 10.2 Å². The summed E-state index contributed by atoms with van der Waals surface area (Å²) in [4.78, 5) is 28.7. The molecule has 1 aliphatic rings. The normalized spacial score (nSPS) is 14.8. The van der Waals surface area contributed by atoms with Crippen LogP contribution in [0.5, 0.6) is 0 Å². The third-order valence-electron chi connectivity index (χ3n) is 5.24. The first-order chi connectivity index (χ1) is 13.4. The largest absolute Gasteiger partial charge is 0.340 e. The molecule has 2 aromatic carbocycles. The van der Waals surface area contributed by atoms with Crippen molar-refractivity contribution in [3.63, 3.8) is 0 Å². The molecule has 0 saturated carbocycles. The molecule has 6 heteroatoms. The third kappa shape index (κ3) is 5.16. The summed E-state index contributed by atoms with van der Waals surface area (Å²) in [5, 5.41) is 2.98. The first-order valence-electron chi connectivity index (χ1n) is 9.53. The number of aryl methyl sites for hydroxylation is 1. The Kier molecular flexibility index (Phi) is 6.41. The van der Waals surface area contributed by atoms with Crippen molar-refractivity contribution < 1.29 is 14.0 Å². The van der Waals surface area contributed by atoms with Crippen LogP contribution in [-0.4, -0.2) is 54.3 Å². The van der Waals surface area contributed by atoms with Crippen LogP contribution in [0, 0.1) is 19.7 Å². The fourth-order valence-electron chi connectivity index (χ4n) is 3.32. The molecule has 1 N–H and O–H groups in total. The number of carbonyl (C=O) groups is 2. The van der Waals surface area contributed by atoms with E-state index in [2.05, 4.69) is 10.2 Å². The Morgan fingerprint density at radius 3 is 2.36 bits per heavy atom. The number of rotatable bonds is 5. The Bertz CT molecular complexity index is 843. The second kappa shape index (κ2) is 8.97. The van der Waals surface area contributed by atoms with E-state index < -0.39 is 0 Å². The van der Waals surface area contributed by atoms with Crippen LogP contribution in [0.25, 0.3) is 0 Å². The lowest BCUT2D eigenvalue weighted by Crippen LogP contribution is -2.50. The predicted octanol–water partition coefficient (Wildman–Crippen LogP) is 2.77. The number of hydrogen-bond donors (Lipinski definition) is 1. The van der Waals surface area contributed by atoms with Gasteiger partial charge in [0.2, 0.25) is 11.8 Å². The van der Waals surface area contributed by atoms with Crippen molar-refractivity contribution in [1.82, 2.24) is 9.80 Å². The second-order valence-electron chi connectivity index (χ2n) is 7.26. The number of carbonyl (C=O) groups excluding carboxylic acids is 2. The van der Waals surface area contributed by atoms with Crippen molar-refractivity contribution >= 4 is 17.5 Å². The molecule has 0 atom stereocenters. The Morgan fingerprint density at radius 1 is 1.00 bits per heavy atom. The number of piperazine rings is 1. The predicted molar refractivity (Wildman–Crippen MR) is 108 cm³/mol. The minimum atomic E-state index is -0.302. The number of amides is 2. The summed E-state index contributed by atoms with van der Waals surface area (Å²) in [5.41, 5.74) is 3.87. The summed E-state index contributed by atoms with van der Waals surface area (Å²) in [5.74, 6) is -0.310. The molecular formula is C22H26FN3O2. The van der Waals surface area contributed by atoms with Gasteiger partial charge in [-0.3, -0.25) is 14.5 Å². The third-order valence-corrected chi connectivity index (χ3v) is 5.24. The maximum Gasteiger partial charge on any atom is 0.238 e. The summed E-state index contributed by atoms with van der Waals surface area (Å²) in [6.45, 7) is 6.84. The maximum absolute atomic E-state index is 13.0. The zero-order valence-electron chi connectivity index (χ0n) is 16.4. The zero-order valence-corrected chi connectivity index (χ0v) is 16.4. The van der Waals surface area contributed by atoms with E-state index in [0.717, 1.165) is 22.4 Å². The molecule has 2 amide bonds. The van der Waals surface area contributed by atoms with E-state index in [1.807, 2.05) is 36.9 Å². The zero-order chi connectivity index (χ0) is 20.1. The van der Waals surface area contributed by atoms with E-state index >= 15 is 0 Å². The highest BCUT2D eigenvalue weighted by Crippen LogP contribution is 2.18. The van der Waals surface area contributed by atoms with Gasteiger partial charge in [0.05, 0.1) is 13.0 Å². The lowest BCUT2D eigenvalue weighted by atomic mass is 10.1. The first-order valence-corrected chi connectivity index (χ1v) is 9.53. The molecule has 2 aromatic rings. The molecule has 0 spiro atoms. The minimum absolute atomic E-state index is 0.0334. The Labute approximate surface area is 165 Å². The fourth-order valence-corrected chi connectivity index (χ4v) is 3.32. The van der Waals surface area contributed by atoms with Crippen LogP contribution in [-0.2, 0) is 16.0 Å². The van der Waals surface area contributed by atoms with Crippen LogP contribution in [0.2, 0.25) is 0 Å². The lowest BCUT2D eigenvalue weighted by molar-refractivity contribution is -0.132. The topological polar surface area (TPSA) is 52.7 Å². The summed E-state index contributed by atoms with van der Waals surface area (Å²) in [6.07, 6.45) is 0.271. The van der Waals surface area contributed by atoms with Gasteiger partial charge in [-0.1, -0.05) is 24.3 Å². The molecule has 28 heavy (non-hydrogen) atoms. The maximum atomic E-state index is 13.0. The molecule has 1 saturated heterocycles. The van der Waals surface area contributed by atoms with Crippen molar-refractivity contribution in [3.05, 3.63) is 65.0 Å². The molecule has 1 aliphatic heterocycles. The van der Waals surface area contributed by atoms with Gasteiger partial charge in [-0.15, -0.1) is 0 Å². The van der Waals surface area contributed by atoms with Gasteiger partial charge in [0.15, 0.2) is 0 Å². The van der Waals surface area contributed by atoms with Crippen LogP contribution in [0.3, 0.4) is 0 Å². The van der Waals surface area contributed by atoms with Gasteiger partial charge in [-0.05, 0) is 48.7 Å². The van der Waals surface area contributed by atoms with Gasteiger partial charge in [0.1, 0.15) is 5.82 Å². The Morgan fingerprint density at radius 2 is 1.68 bits per heavy atom. The lowest BCUT2D eigenvalue weighted by Gasteiger charge is -2.34. The SMILES string of the molecule is Cc1cccc(NC(=O)CN2CCN(C(=O)Cc3ccc(F)cc3)CC2)c1C. The number of hydrogen-bond acceptors (Lipinski definition) is 3. The average molecular weight is 383 g/mol. The van der Waals surface area contributed by atoms with Crippen molar-refractivity contribution in [2.45, 2.75) is 20.3 Å². The highest BCUT2D eigenvalue weighted by atomic mass is 19.1. The number of nitrogens with one attached hydrogen (secondary N) is 1. The molecule has 5 nitrogen and oxygen atoms in total. The quantitative estimate of drug-likeness (QED) is 0.864. The molecular weight excluding hydrogens is 357 g/mol. The van der Waals surface area contributed by atoms with E-state index in [4.69, 9.17) is 0 Å². The Balaban J connectivity index is 1.45. The van der Waals surface area contributed by atoms with Gasteiger partial charge in [-0.25, -0.2) is 4.39 Å². The van der Waals surface area contributed by atoms with E-state index in [1.165, 1.54) is 12.1 Å². The number of nitrogens with zero attached hydrogens (tertiary/aromatic N) is 2. The summed E-state index contributed by atoms with van der Waals surface area (Å²) in [7, 11) is 0. The molecule has 0 bridgehead atoms. The van der Waals surface area contributed by atoms with Gasteiger partial charge in [0, 0.05) is 31.9 Å². The van der Waals surface area contributed by atoms with Crippen molar-refractivity contribution in [1.29, 1.82) is 0 Å². The second-order valence-corrected chi connectivity index (χ2v) is 7.26. The van der Waals surface area contributed by atoms with Crippen molar-refractivity contribution in [2.75, 3.05) is 38.0 Å². The van der Waals surface area contributed by atoms with Crippen molar-refractivity contribution in [2.24, 2.45) is 0 Å². The van der Waals surface area contributed by atoms with E-state index in [9.17, 15) is 14.0 Å². The van der Waals surface area contributed by atoms with E-state index in [-0.39, 0.29) is 24.1 Å². The number of halogens is 1. The van der Waals surface area contributed by atoms with Gasteiger partial charge >= 0.3 is 0 Å². The van der Waals surface area contributed by atoms with Crippen LogP contribution in [0.1, 0.15) is 16.7 Å². The number of anilines is 1. The Hall–Kier alpha value is -2.73. The van der Waals surface area contributed by atoms with Crippen LogP contribution in [0.15, 0.2) is 42.5 Å². The molecule has 0 aliphatic carbocycles.